The lowest BCUT2D eigenvalue weighted by Gasteiger charge is -2.35. The summed E-state index contributed by atoms with van der Waals surface area (Å²) in [7, 11) is -2.30. The van der Waals surface area contributed by atoms with Crippen molar-refractivity contribution >= 4 is 15.9 Å². The zero-order valence-electron chi connectivity index (χ0n) is 21.9. The number of aliphatic hydroxyl groups excluding tert-OH is 1. The van der Waals surface area contributed by atoms with Gasteiger partial charge in [0.2, 0.25) is 15.9 Å². The first-order chi connectivity index (χ1) is 18.2. The zero-order chi connectivity index (χ0) is 27.3. The van der Waals surface area contributed by atoms with Gasteiger partial charge in [0.1, 0.15) is 0 Å². The van der Waals surface area contributed by atoms with Gasteiger partial charge in [0.15, 0.2) is 0 Å². The molecule has 1 aliphatic rings. The quantitative estimate of drug-likeness (QED) is 0.469. The van der Waals surface area contributed by atoms with Crippen molar-refractivity contribution < 1.29 is 23.1 Å². The van der Waals surface area contributed by atoms with Crippen molar-refractivity contribution in [2.24, 2.45) is 5.92 Å². The second-order valence-electron chi connectivity index (χ2n) is 9.69. The van der Waals surface area contributed by atoms with Gasteiger partial charge in [0.05, 0.1) is 47.8 Å². The molecular formula is C25H35N7O5S. The number of fused-ring (bicyclic) bond motifs is 1. The van der Waals surface area contributed by atoms with Gasteiger partial charge in [-0.3, -0.25) is 4.79 Å². The maximum Gasteiger partial charge on any atom is 0.242 e. The van der Waals surface area contributed by atoms with E-state index in [1.807, 2.05) is 6.92 Å². The lowest BCUT2D eigenvalue weighted by atomic mass is 10.0. The molecule has 1 N–H and O–H groups in total. The van der Waals surface area contributed by atoms with Crippen LogP contribution in [0.1, 0.15) is 32.4 Å². The smallest absolute Gasteiger partial charge is 0.242 e. The minimum Gasteiger partial charge on any atom is -0.394 e. The summed E-state index contributed by atoms with van der Waals surface area (Å²) in [5.74, 6) is -0.297. The molecule has 2 aromatic heterocycles. The lowest BCUT2D eigenvalue weighted by Crippen LogP contribution is -2.47. The molecule has 0 radical (unpaired) electrons. The number of aryl methyl sites for hydroxylation is 1. The highest BCUT2D eigenvalue weighted by molar-refractivity contribution is 7.89. The Labute approximate surface area is 222 Å². The van der Waals surface area contributed by atoms with Crippen molar-refractivity contribution in [1.82, 2.24) is 34.0 Å². The number of sulfonamides is 1. The average molecular weight is 546 g/mol. The second-order valence-corrected chi connectivity index (χ2v) is 11.7. The zero-order valence-corrected chi connectivity index (χ0v) is 22.7. The molecule has 3 atom stereocenters. The van der Waals surface area contributed by atoms with Gasteiger partial charge in [0, 0.05) is 51.4 Å². The van der Waals surface area contributed by atoms with Gasteiger partial charge in [-0.2, -0.15) is 9.40 Å². The van der Waals surface area contributed by atoms with Gasteiger partial charge in [-0.25, -0.2) is 17.8 Å². The van der Waals surface area contributed by atoms with E-state index in [-0.39, 0.29) is 42.5 Å². The Morgan fingerprint density at radius 2 is 2.03 bits per heavy atom. The number of likely N-dealkylation sites (N-methyl/N-ethyl adjacent to an activating group) is 1. The van der Waals surface area contributed by atoms with Crippen LogP contribution in [0.4, 0.5) is 0 Å². The van der Waals surface area contributed by atoms with Crippen molar-refractivity contribution in [2.45, 2.75) is 56.9 Å². The van der Waals surface area contributed by atoms with E-state index in [0.717, 1.165) is 11.4 Å². The van der Waals surface area contributed by atoms with Crippen molar-refractivity contribution in [3.05, 3.63) is 54.6 Å². The molecule has 0 spiro atoms. The summed E-state index contributed by atoms with van der Waals surface area (Å²) in [5, 5.41) is 22.0. The number of aliphatic hydroxyl groups is 1. The van der Waals surface area contributed by atoms with Crippen LogP contribution in [0.3, 0.4) is 0 Å². The molecule has 1 amide bonds. The highest BCUT2D eigenvalue weighted by Crippen LogP contribution is 2.22. The first-order valence-electron chi connectivity index (χ1n) is 12.7. The lowest BCUT2D eigenvalue weighted by molar-refractivity contribution is -0.136. The number of carbonyl (C=O) groups excluding carboxylic acids is 1. The van der Waals surface area contributed by atoms with Crippen LogP contribution in [0.15, 0.2) is 53.8 Å². The van der Waals surface area contributed by atoms with Crippen LogP contribution in [0.2, 0.25) is 0 Å². The Bertz CT molecular complexity index is 1290. The molecule has 206 valence electrons. The fourth-order valence-corrected chi connectivity index (χ4v) is 5.65. The first-order valence-corrected chi connectivity index (χ1v) is 14.1. The predicted octanol–water partition coefficient (Wildman–Crippen LogP) is 1.31. The van der Waals surface area contributed by atoms with E-state index in [1.165, 1.54) is 11.4 Å². The van der Waals surface area contributed by atoms with E-state index in [1.54, 1.807) is 70.1 Å². The number of carbonyl (C=O) groups is 1. The number of amides is 1. The Balaban J connectivity index is 1.56. The van der Waals surface area contributed by atoms with Crippen LogP contribution in [-0.4, -0.2) is 92.3 Å². The van der Waals surface area contributed by atoms with Gasteiger partial charge < -0.3 is 14.7 Å². The summed E-state index contributed by atoms with van der Waals surface area (Å²) in [6.07, 6.45) is 5.41. The topological polar surface area (TPSA) is 136 Å². The summed E-state index contributed by atoms with van der Waals surface area (Å²) in [6, 6.07) is 7.95. The van der Waals surface area contributed by atoms with Crippen LogP contribution in [0.25, 0.3) is 5.69 Å². The van der Waals surface area contributed by atoms with Crippen LogP contribution >= 0.6 is 0 Å². The number of ether oxygens (including phenoxy) is 1. The van der Waals surface area contributed by atoms with E-state index in [9.17, 15) is 18.3 Å². The van der Waals surface area contributed by atoms with Crippen LogP contribution < -0.4 is 0 Å². The van der Waals surface area contributed by atoms with Gasteiger partial charge >= 0.3 is 0 Å². The van der Waals surface area contributed by atoms with Crippen molar-refractivity contribution in [1.29, 1.82) is 0 Å². The molecular weight excluding hydrogens is 510 g/mol. The minimum absolute atomic E-state index is 0.0709. The van der Waals surface area contributed by atoms with Gasteiger partial charge in [-0.1, -0.05) is 12.1 Å². The first kappa shape index (κ1) is 27.9. The summed E-state index contributed by atoms with van der Waals surface area (Å²) in [4.78, 5) is 14.8. The maximum atomic E-state index is 13.4. The van der Waals surface area contributed by atoms with E-state index in [4.69, 9.17) is 4.74 Å². The Kier molecular flexibility index (Phi) is 8.92. The Hall–Kier alpha value is -3.13. The van der Waals surface area contributed by atoms with E-state index in [0.29, 0.717) is 25.9 Å². The summed E-state index contributed by atoms with van der Waals surface area (Å²) < 4.78 is 37.8. The monoisotopic (exact) mass is 545 g/mol. The standard InChI is InChI=1S/C25H35N7O5S/c1-19-15-30(20(2)17-33)25(34)6-4-12-32-22(14-26-28-32)18-37-24(19)16-29(3)38(35,36)23-9-7-21(8-10-23)31-13-5-11-27-31/h5,7-11,13-14,19-20,24,33H,4,6,12,15-18H2,1-3H3/t19-,20-,24+/m1/s1. The molecule has 0 saturated heterocycles. The third kappa shape index (κ3) is 6.29. The fraction of sp³-hybridized carbons (Fsp3) is 0.520. The largest absolute Gasteiger partial charge is 0.394 e. The van der Waals surface area contributed by atoms with E-state index < -0.39 is 16.1 Å². The molecule has 13 heteroatoms. The summed E-state index contributed by atoms with van der Waals surface area (Å²) >= 11 is 0. The third-order valence-corrected chi connectivity index (χ3v) is 8.73. The van der Waals surface area contributed by atoms with Gasteiger partial charge in [-0.15, -0.1) is 5.10 Å². The van der Waals surface area contributed by atoms with Gasteiger partial charge in [0.25, 0.3) is 0 Å². The molecule has 4 rings (SSSR count). The van der Waals surface area contributed by atoms with Crippen LogP contribution in [0.5, 0.6) is 0 Å². The van der Waals surface area contributed by atoms with E-state index >= 15 is 0 Å². The number of nitrogens with zero attached hydrogens (tertiary/aromatic N) is 7. The number of hydrogen-bond donors (Lipinski definition) is 1. The number of benzene rings is 1. The minimum atomic E-state index is -3.82. The fourth-order valence-electron chi connectivity index (χ4n) is 4.47. The normalized spacial score (nSPS) is 20.6. The van der Waals surface area contributed by atoms with Crippen LogP contribution in [-0.2, 0) is 32.7 Å². The molecule has 0 aliphatic carbocycles. The Morgan fingerprint density at radius 1 is 1.26 bits per heavy atom. The highest BCUT2D eigenvalue weighted by atomic mass is 32.2. The third-order valence-electron chi connectivity index (χ3n) is 6.89. The Morgan fingerprint density at radius 3 is 2.71 bits per heavy atom. The molecule has 0 fully saturated rings. The average Bonchev–Trinajstić information content (AvgIpc) is 3.61. The molecule has 1 aromatic carbocycles. The van der Waals surface area contributed by atoms with Crippen molar-refractivity contribution in [3.8, 4) is 5.69 Å². The molecule has 12 nitrogen and oxygen atoms in total. The van der Waals surface area contributed by atoms with Gasteiger partial charge in [-0.05, 0) is 43.7 Å². The molecule has 3 aromatic rings. The maximum absolute atomic E-state index is 13.4. The number of rotatable bonds is 7. The number of aromatic nitrogens is 5. The molecule has 0 saturated carbocycles. The van der Waals surface area contributed by atoms with Crippen LogP contribution in [0, 0.1) is 5.92 Å². The van der Waals surface area contributed by atoms with Crippen molar-refractivity contribution in [3.63, 3.8) is 0 Å². The van der Waals surface area contributed by atoms with E-state index in [2.05, 4.69) is 15.4 Å². The summed E-state index contributed by atoms with van der Waals surface area (Å²) in [6.45, 7) is 4.67. The highest BCUT2D eigenvalue weighted by Gasteiger charge is 2.31. The second kappa shape index (κ2) is 12.2. The molecule has 1 aliphatic heterocycles. The SMILES string of the molecule is C[C@@H]1CN([C@H](C)CO)C(=O)CCCn2nncc2CO[C@H]1CN(C)S(=O)(=O)c1ccc(-n2cccn2)cc1. The molecule has 0 bridgehead atoms. The summed E-state index contributed by atoms with van der Waals surface area (Å²) in [5.41, 5.74) is 1.51. The van der Waals surface area contributed by atoms with Crippen molar-refractivity contribution in [2.75, 3.05) is 26.7 Å². The number of hydrogen-bond acceptors (Lipinski definition) is 8. The molecule has 0 unspecified atom stereocenters. The molecule has 3 heterocycles. The predicted molar refractivity (Wildman–Crippen MR) is 139 cm³/mol. The molecule has 38 heavy (non-hydrogen) atoms.